The molecule has 0 aromatic heterocycles. The van der Waals surface area contributed by atoms with Crippen molar-refractivity contribution in [1.29, 1.82) is 0 Å². The van der Waals surface area contributed by atoms with E-state index in [1.807, 2.05) is 0 Å². The van der Waals surface area contributed by atoms with Crippen LogP contribution in [0, 0.1) is 21.4 Å². The lowest BCUT2D eigenvalue weighted by atomic mass is 9.92. The lowest BCUT2D eigenvalue weighted by molar-refractivity contribution is -0.385. The Labute approximate surface area is 117 Å². The molecule has 6 nitrogen and oxygen atoms in total. The molecule has 1 aromatic carbocycles. The summed E-state index contributed by atoms with van der Waals surface area (Å²) >= 11 is 0. The van der Waals surface area contributed by atoms with Crippen LogP contribution in [0.25, 0.3) is 0 Å². The largest absolute Gasteiger partial charge is 0.399 e. The Kier molecular flexibility index (Phi) is 3.65. The predicted octanol–water partition coefficient (Wildman–Crippen LogP) is 2.34. The van der Waals surface area contributed by atoms with Gasteiger partial charge in [0.15, 0.2) is 0 Å². The summed E-state index contributed by atoms with van der Waals surface area (Å²) in [5.41, 5.74) is 5.91. The molecule has 0 atom stereocenters. The summed E-state index contributed by atoms with van der Waals surface area (Å²) in [6.45, 7) is 4.81. The van der Waals surface area contributed by atoms with E-state index in [-0.39, 0.29) is 16.7 Å². The van der Waals surface area contributed by atoms with Crippen LogP contribution in [0.2, 0.25) is 0 Å². The highest BCUT2D eigenvalue weighted by molar-refractivity contribution is 5.99. The zero-order valence-corrected chi connectivity index (χ0v) is 11.7. The van der Waals surface area contributed by atoms with E-state index in [0.29, 0.717) is 18.2 Å². The van der Waals surface area contributed by atoms with E-state index >= 15 is 0 Å². The van der Waals surface area contributed by atoms with Gasteiger partial charge in [-0.3, -0.25) is 14.9 Å². The van der Waals surface area contributed by atoms with Gasteiger partial charge in [0.1, 0.15) is 5.56 Å². The molecule has 3 N–H and O–H groups in total. The Morgan fingerprint density at radius 3 is 2.65 bits per heavy atom. The Hall–Kier alpha value is -2.11. The minimum atomic E-state index is -0.566. The Morgan fingerprint density at radius 2 is 2.15 bits per heavy atom. The average molecular weight is 277 g/mol. The van der Waals surface area contributed by atoms with Gasteiger partial charge in [-0.15, -0.1) is 0 Å². The molecule has 2 rings (SSSR count). The van der Waals surface area contributed by atoms with Crippen LogP contribution in [-0.4, -0.2) is 17.4 Å². The van der Waals surface area contributed by atoms with Crippen LogP contribution in [0.1, 0.15) is 37.0 Å². The molecule has 1 amide bonds. The molecule has 0 radical (unpaired) electrons. The lowest BCUT2D eigenvalue weighted by Crippen LogP contribution is -2.33. The number of benzene rings is 1. The van der Waals surface area contributed by atoms with Gasteiger partial charge in [0.2, 0.25) is 0 Å². The highest BCUT2D eigenvalue weighted by atomic mass is 16.6. The van der Waals surface area contributed by atoms with Gasteiger partial charge in [-0.25, -0.2) is 0 Å². The third-order valence-electron chi connectivity index (χ3n) is 4.18. The summed E-state index contributed by atoms with van der Waals surface area (Å²) in [7, 11) is 0. The first-order chi connectivity index (χ1) is 9.35. The van der Waals surface area contributed by atoms with Crippen molar-refractivity contribution in [3.05, 3.63) is 33.9 Å². The number of amides is 1. The number of nitrogens with zero attached hydrogens (tertiary/aromatic N) is 1. The van der Waals surface area contributed by atoms with E-state index in [1.165, 1.54) is 18.2 Å². The molecule has 0 aliphatic heterocycles. The fraction of sp³-hybridized carbons (Fsp3) is 0.500. The number of nitrogens with one attached hydrogen (secondary N) is 1. The summed E-state index contributed by atoms with van der Waals surface area (Å²) in [6, 6.07) is 4.04. The van der Waals surface area contributed by atoms with E-state index in [2.05, 4.69) is 19.2 Å². The van der Waals surface area contributed by atoms with E-state index in [4.69, 9.17) is 5.73 Å². The summed E-state index contributed by atoms with van der Waals surface area (Å²) < 4.78 is 0. The minimum absolute atomic E-state index is 0.0227. The highest BCUT2D eigenvalue weighted by Gasteiger charge is 2.45. The summed E-state index contributed by atoms with van der Waals surface area (Å²) in [5.74, 6) is 0.0505. The van der Waals surface area contributed by atoms with Gasteiger partial charge in [0.05, 0.1) is 4.92 Å². The maximum atomic E-state index is 12.1. The van der Waals surface area contributed by atoms with Crippen molar-refractivity contribution in [2.75, 3.05) is 12.3 Å². The van der Waals surface area contributed by atoms with Crippen LogP contribution in [0.5, 0.6) is 0 Å². The molecular weight excluding hydrogens is 258 g/mol. The first-order valence-electron chi connectivity index (χ1n) is 6.68. The van der Waals surface area contributed by atoms with Crippen molar-refractivity contribution in [1.82, 2.24) is 5.32 Å². The Bertz CT molecular complexity index is 551. The maximum Gasteiger partial charge on any atom is 0.282 e. The van der Waals surface area contributed by atoms with Crippen molar-refractivity contribution in [2.45, 2.75) is 26.7 Å². The predicted molar refractivity (Wildman–Crippen MR) is 76.3 cm³/mol. The third kappa shape index (κ3) is 2.74. The standard InChI is InChI=1S/C14H19N3O3/c1-9(2)14(5-6-14)8-16-13(18)11-7-10(15)3-4-12(11)17(19)20/h3-4,7,9H,5-6,8,15H2,1-2H3,(H,16,18). The molecule has 1 aromatic rings. The number of hydrogen-bond acceptors (Lipinski definition) is 4. The molecule has 108 valence electrons. The first-order valence-corrected chi connectivity index (χ1v) is 6.68. The van der Waals surface area contributed by atoms with Gasteiger partial charge in [-0.1, -0.05) is 13.8 Å². The molecule has 1 saturated carbocycles. The quantitative estimate of drug-likeness (QED) is 0.490. The van der Waals surface area contributed by atoms with Crippen molar-refractivity contribution >= 4 is 17.3 Å². The molecule has 6 heteroatoms. The molecule has 0 heterocycles. The molecule has 0 bridgehead atoms. The highest BCUT2D eigenvalue weighted by Crippen LogP contribution is 2.51. The Balaban J connectivity index is 2.13. The molecule has 20 heavy (non-hydrogen) atoms. The number of rotatable bonds is 5. The van der Waals surface area contributed by atoms with Crippen LogP contribution >= 0.6 is 0 Å². The Morgan fingerprint density at radius 1 is 1.50 bits per heavy atom. The second-order valence-corrected chi connectivity index (χ2v) is 5.73. The maximum absolute atomic E-state index is 12.1. The van der Waals surface area contributed by atoms with Gasteiger partial charge < -0.3 is 11.1 Å². The molecule has 1 aliphatic rings. The lowest BCUT2D eigenvalue weighted by Gasteiger charge is -2.20. The number of hydrogen-bond donors (Lipinski definition) is 2. The summed E-state index contributed by atoms with van der Waals surface area (Å²) in [4.78, 5) is 22.5. The topological polar surface area (TPSA) is 98.3 Å². The fourth-order valence-corrected chi connectivity index (χ4v) is 2.37. The molecular formula is C14H19N3O3. The fourth-order valence-electron chi connectivity index (χ4n) is 2.37. The van der Waals surface area contributed by atoms with Crippen LogP contribution in [0.4, 0.5) is 11.4 Å². The van der Waals surface area contributed by atoms with Crippen LogP contribution in [0.3, 0.4) is 0 Å². The van der Waals surface area contributed by atoms with Gasteiger partial charge in [-0.05, 0) is 36.3 Å². The van der Waals surface area contributed by atoms with E-state index in [1.54, 1.807) is 0 Å². The van der Waals surface area contributed by atoms with E-state index < -0.39 is 10.8 Å². The second-order valence-electron chi connectivity index (χ2n) is 5.73. The van der Waals surface area contributed by atoms with Crippen LogP contribution in [-0.2, 0) is 0 Å². The zero-order chi connectivity index (χ0) is 14.9. The SMILES string of the molecule is CC(C)C1(CNC(=O)c2cc(N)ccc2[N+](=O)[O-])CC1. The smallest absolute Gasteiger partial charge is 0.282 e. The van der Waals surface area contributed by atoms with Crippen LogP contribution in [0.15, 0.2) is 18.2 Å². The van der Waals surface area contributed by atoms with Gasteiger partial charge >= 0.3 is 0 Å². The zero-order valence-electron chi connectivity index (χ0n) is 11.7. The summed E-state index contributed by atoms with van der Waals surface area (Å²) in [5, 5.41) is 13.8. The average Bonchev–Trinajstić information content (AvgIpc) is 3.16. The van der Waals surface area contributed by atoms with E-state index in [9.17, 15) is 14.9 Å². The first kappa shape index (κ1) is 14.3. The number of nitrogens with two attached hydrogens (primary N) is 1. The molecule has 0 spiro atoms. The number of nitrogen functional groups attached to an aromatic ring is 1. The van der Waals surface area contributed by atoms with Gasteiger partial charge in [0.25, 0.3) is 11.6 Å². The van der Waals surface area contributed by atoms with Gasteiger partial charge in [-0.2, -0.15) is 0 Å². The van der Waals surface area contributed by atoms with Crippen molar-refractivity contribution in [3.63, 3.8) is 0 Å². The minimum Gasteiger partial charge on any atom is -0.399 e. The normalized spacial score (nSPS) is 15.9. The number of anilines is 1. The van der Waals surface area contributed by atoms with Crippen molar-refractivity contribution < 1.29 is 9.72 Å². The van der Waals surface area contributed by atoms with Crippen molar-refractivity contribution in [2.24, 2.45) is 11.3 Å². The molecule has 0 saturated heterocycles. The van der Waals surface area contributed by atoms with E-state index in [0.717, 1.165) is 12.8 Å². The number of nitro benzene ring substituents is 1. The van der Waals surface area contributed by atoms with Crippen molar-refractivity contribution in [3.8, 4) is 0 Å². The third-order valence-corrected chi connectivity index (χ3v) is 4.18. The molecule has 1 aliphatic carbocycles. The monoisotopic (exact) mass is 277 g/mol. The van der Waals surface area contributed by atoms with Crippen LogP contribution < -0.4 is 11.1 Å². The van der Waals surface area contributed by atoms with Gasteiger partial charge in [0, 0.05) is 18.3 Å². The number of carbonyl (C=O) groups is 1. The molecule has 1 fully saturated rings. The number of nitro groups is 1. The summed E-state index contributed by atoms with van der Waals surface area (Å²) in [6.07, 6.45) is 2.17. The number of carbonyl (C=O) groups excluding carboxylic acids is 1. The second kappa shape index (κ2) is 5.11. The molecule has 0 unspecified atom stereocenters.